The number of hydrogen-bond acceptors (Lipinski definition) is 7. The SMILES string of the molecule is CC1CN2Cc3nc(C(=O)N4CCN(C)CC4)nn3-c3ccc(Br)cc3C2(c2ccccn2)O1. The molecule has 2 unspecified atom stereocenters. The van der Waals surface area contributed by atoms with Gasteiger partial charge in [0.25, 0.3) is 5.91 Å². The molecule has 0 spiro atoms. The monoisotopic (exact) mass is 523 g/mol. The number of carbonyl (C=O) groups excluding carboxylic acids is 1. The van der Waals surface area contributed by atoms with Crippen LogP contribution in [0.4, 0.5) is 0 Å². The van der Waals surface area contributed by atoms with Crippen LogP contribution in [0.2, 0.25) is 0 Å². The van der Waals surface area contributed by atoms with Gasteiger partial charge in [0.2, 0.25) is 5.82 Å². The van der Waals surface area contributed by atoms with Crippen molar-refractivity contribution in [2.24, 2.45) is 0 Å². The van der Waals surface area contributed by atoms with E-state index in [1.54, 1.807) is 6.20 Å². The highest BCUT2D eigenvalue weighted by molar-refractivity contribution is 9.10. The highest BCUT2D eigenvalue weighted by Gasteiger charge is 2.53. The van der Waals surface area contributed by atoms with Gasteiger partial charge in [0.1, 0.15) is 5.82 Å². The number of ether oxygens (including phenoxy) is 1. The second-order valence-corrected chi connectivity index (χ2v) is 10.1. The van der Waals surface area contributed by atoms with Gasteiger partial charge in [-0.05, 0) is 44.3 Å². The quantitative estimate of drug-likeness (QED) is 0.509. The number of nitrogens with zero attached hydrogens (tertiary/aromatic N) is 7. The lowest BCUT2D eigenvalue weighted by Gasteiger charge is -2.36. The maximum absolute atomic E-state index is 13.3. The molecule has 2 aromatic heterocycles. The molecule has 176 valence electrons. The van der Waals surface area contributed by atoms with Crippen LogP contribution < -0.4 is 0 Å². The summed E-state index contributed by atoms with van der Waals surface area (Å²) in [5.74, 6) is 0.845. The molecule has 10 heteroatoms. The molecule has 3 aliphatic rings. The number of likely N-dealkylation sites (N-methyl/N-ethyl adjacent to an activating group) is 1. The predicted octanol–water partition coefficient (Wildman–Crippen LogP) is 2.25. The van der Waals surface area contributed by atoms with Crippen LogP contribution in [-0.4, -0.2) is 86.2 Å². The fraction of sp³-hybridized carbons (Fsp3) is 0.417. The Hall–Kier alpha value is -2.66. The molecule has 1 aromatic carbocycles. The van der Waals surface area contributed by atoms with Gasteiger partial charge in [0.05, 0.1) is 24.0 Å². The molecule has 1 amide bonds. The van der Waals surface area contributed by atoms with E-state index in [9.17, 15) is 4.79 Å². The Morgan fingerprint density at radius 2 is 2.00 bits per heavy atom. The minimum Gasteiger partial charge on any atom is -0.346 e. The van der Waals surface area contributed by atoms with Crippen LogP contribution in [0.1, 0.15) is 34.6 Å². The number of benzene rings is 1. The first-order valence-electron chi connectivity index (χ1n) is 11.5. The fourth-order valence-electron chi connectivity index (χ4n) is 5.19. The fourth-order valence-corrected chi connectivity index (χ4v) is 5.55. The molecule has 3 aliphatic heterocycles. The van der Waals surface area contributed by atoms with Crippen molar-refractivity contribution in [3.63, 3.8) is 0 Å². The standard InChI is InChI=1S/C24H26BrN7O2/c1-16-14-31-15-21-27-22(23(33)30-11-9-29(2)10-12-30)28-32(21)19-7-6-17(25)13-18(19)24(31,34-16)20-5-3-4-8-26-20/h3-8,13,16H,9-12,14-15H2,1-2H3. The topological polar surface area (TPSA) is 79.6 Å². The molecule has 6 rings (SSSR count). The third kappa shape index (κ3) is 3.39. The van der Waals surface area contributed by atoms with Gasteiger partial charge in [-0.25, -0.2) is 9.67 Å². The summed E-state index contributed by atoms with van der Waals surface area (Å²) >= 11 is 3.65. The Morgan fingerprint density at radius 3 is 2.76 bits per heavy atom. The summed E-state index contributed by atoms with van der Waals surface area (Å²) in [5.41, 5.74) is 1.71. The highest BCUT2D eigenvalue weighted by atomic mass is 79.9. The molecule has 0 bridgehead atoms. The zero-order valence-corrected chi connectivity index (χ0v) is 20.8. The molecular formula is C24H26BrN7O2. The van der Waals surface area contributed by atoms with Crippen LogP contribution in [0.25, 0.3) is 5.69 Å². The van der Waals surface area contributed by atoms with Crippen LogP contribution in [0.5, 0.6) is 0 Å². The van der Waals surface area contributed by atoms with Crippen molar-refractivity contribution in [3.05, 3.63) is 70.0 Å². The summed E-state index contributed by atoms with van der Waals surface area (Å²) in [4.78, 5) is 29.0. The van der Waals surface area contributed by atoms with Crippen molar-refractivity contribution >= 4 is 21.8 Å². The number of pyridine rings is 1. The van der Waals surface area contributed by atoms with E-state index >= 15 is 0 Å². The van der Waals surface area contributed by atoms with E-state index in [2.05, 4.69) is 45.8 Å². The van der Waals surface area contributed by atoms with Crippen LogP contribution in [0.3, 0.4) is 0 Å². The average molecular weight is 524 g/mol. The molecule has 5 heterocycles. The summed E-state index contributed by atoms with van der Waals surface area (Å²) in [6.07, 6.45) is 1.79. The van der Waals surface area contributed by atoms with E-state index in [4.69, 9.17) is 19.8 Å². The Balaban J connectivity index is 1.49. The molecular weight excluding hydrogens is 498 g/mol. The largest absolute Gasteiger partial charge is 0.346 e. The van der Waals surface area contributed by atoms with E-state index in [-0.39, 0.29) is 17.8 Å². The van der Waals surface area contributed by atoms with Gasteiger partial charge in [-0.2, -0.15) is 0 Å². The number of amides is 1. The van der Waals surface area contributed by atoms with Gasteiger partial charge in [0, 0.05) is 49.0 Å². The first-order valence-corrected chi connectivity index (χ1v) is 12.3. The van der Waals surface area contributed by atoms with Gasteiger partial charge in [-0.15, -0.1) is 5.10 Å². The Bertz CT molecular complexity index is 1240. The van der Waals surface area contributed by atoms with Crippen LogP contribution >= 0.6 is 15.9 Å². The Labute approximate surface area is 206 Å². The maximum Gasteiger partial charge on any atom is 0.293 e. The molecule has 0 radical (unpaired) electrons. The average Bonchev–Trinajstić information content (AvgIpc) is 3.39. The van der Waals surface area contributed by atoms with E-state index in [0.717, 1.165) is 40.3 Å². The molecule has 2 saturated heterocycles. The molecule has 3 aromatic rings. The van der Waals surface area contributed by atoms with Gasteiger partial charge < -0.3 is 14.5 Å². The number of fused-ring (bicyclic) bond motifs is 5. The first-order chi connectivity index (χ1) is 16.5. The number of piperazine rings is 1. The van der Waals surface area contributed by atoms with Crippen molar-refractivity contribution in [2.45, 2.75) is 25.3 Å². The summed E-state index contributed by atoms with van der Waals surface area (Å²) in [7, 11) is 2.07. The summed E-state index contributed by atoms with van der Waals surface area (Å²) in [6.45, 7) is 6.33. The van der Waals surface area contributed by atoms with Gasteiger partial charge in [0.15, 0.2) is 5.72 Å². The van der Waals surface area contributed by atoms with Crippen molar-refractivity contribution in [3.8, 4) is 5.69 Å². The number of hydrogen-bond donors (Lipinski definition) is 0. The summed E-state index contributed by atoms with van der Waals surface area (Å²) in [6, 6.07) is 11.9. The lowest BCUT2D eigenvalue weighted by Crippen LogP contribution is -2.47. The number of rotatable bonds is 2. The zero-order chi connectivity index (χ0) is 23.4. The lowest BCUT2D eigenvalue weighted by molar-refractivity contribution is -0.0790. The van der Waals surface area contributed by atoms with Gasteiger partial charge in [-0.1, -0.05) is 22.0 Å². The molecule has 2 fully saturated rings. The molecule has 2 atom stereocenters. The van der Waals surface area contributed by atoms with Crippen molar-refractivity contribution in [1.82, 2.24) is 34.4 Å². The van der Waals surface area contributed by atoms with Crippen LogP contribution in [0.15, 0.2) is 47.1 Å². The van der Waals surface area contributed by atoms with Gasteiger partial charge in [-0.3, -0.25) is 14.7 Å². The minimum absolute atomic E-state index is 0.00486. The smallest absolute Gasteiger partial charge is 0.293 e. The van der Waals surface area contributed by atoms with E-state index in [0.29, 0.717) is 26.2 Å². The predicted molar refractivity (Wildman–Crippen MR) is 128 cm³/mol. The first kappa shape index (κ1) is 21.8. The summed E-state index contributed by atoms with van der Waals surface area (Å²) < 4.78 is 9.42. The second-order valence-electron chi connectivity index (χ2n) is 9.19. The number of aromatic nitrogens is 4. The third-order valence-electron chi connectivity index (χ3n) is 6.85. The minimum atomic E-state index is -0.871. The number of carbonyl (C=O) groups is 1. The highest BCUT2D eigenvalue weighted by Crippen LogP contribution is 2.47. The van der Waals surface area contributed by atoms with Crippen molar-refractivity contribution in [1.29, 1.82) is 0 Å². The Morgan fingerprint density at radius 1 is 1.18 bits per heavy atom. The van der Waals surface area contributed by atoms with Crippen LogP contribution in [-0.2, 0) is 17.0 Å². The second kappa shape index (κ2) is 8.23. The normalized spacial score (nSPS) is 24.9. The molecule has 34 heavy (non-hydrogen) atoms. The van der Waals surface area contributed by atoms with Gasteiger partial charge >= 0.3 is 0 Å². The van der Waals surface area contributed by atoms with Crippen molar-refractivity contribution < 1.29 is 9.53 Å². The number of halogens is 1. The van der Waals surface area contributed by atoms with E-state index in [1.165, 1.54) is 0 Å². The van der Waals surface area contributed by atoms with Crippen molar-refractivity contribution in [2.75, 3.05) is 39.8 Å². The molecule has 9 nitrogen and oxygen atoms in total. The van der Waals surface area contributed by atoms with E-state index < -0.39 is 5.72 Å². The third-order valence-corrected chi connectivity index (χ3v) is 7.34. The molecule has 0 N–H and O–H groups in total. The summed E-state index contributed by atoms with van der Waals surface area (Å²) in [5, 5.41) is 4.73. The lowest BCUT2D eigenvalue weighted by atomic mass is 9.95. The molecule has 0 saturated carbocycles. The van der Waals surface area contributed by atoms with E-state index in [1.807, 2.05) is 39.9 Å². The zero-order valence-electron chi connectivity index (χ0n) is 19.2. The maximum atomic E-state index is 13.3. The van der Waals surface area contributed by atoms with Crippen LogP contribution in [0, 0.1) is 0 Å². The Kier molecular flexibility index (Phi) is 5.29. The molecule has 0 aliphatic carbocycles.